The molecule has 0 aliphatic rings. The van der Waals surface area contributed by atoms with E-state index in [9.17, 15) is 4.79 Å². The van der Waals surface area contributed by atoms with E-state index in [2.05, 4.69) is 29.4 Å². The van der Waals surface area contributed by atoms with Crippen LogP contribution in [0.25, 0.3) is 0 Å². The van der Waals surface area contributed by atoms with Crippen molar-refractivity contribution in [1.82, 2.24) is 10.3 Å². The summed E-state index contributed by atoms with van der Waals surface area (Å²) in [5.74, 6) is -0.0684. The fourth-order valence-corrected chi connectivity index (χ4v) is 1.91. The van der Waals surface area contributed by atoms with E-state index in [1.54, 1.807) is 12.3 Å². The first-order chi connectivity index (χ1) is 9.16. The molecule has 0 unspecified atom stereocenters. The van der Waals surface area contributed by atoms with Crippen molar-refractivity contribution in [1.29, 1.82) is 0 Å². The molecule has 3 heteroatoms. The highest BCUT2D eigenvalue weighted by Crippen LogP contribution is 2.07. The lowest BCUT2D eigenvalue weighted by Crippen LogP contribution is -2.25. The van der Waals surface area contributed by atoms with Crippen LogP contribution in [0.3, 0.4) is 0 Å². The maximum atomic E-state index is 11.9. The summed E-state index contributed by atoms with van der Waals surface area (Å²) in [6.45, 7) is 4.62. The number of aromatic nitrogens is 1. The highest BCUT2D eigenvalue weighted by atomic mass is 16.1. The van der Waals surface area contributed by atoms with Gasteiger partial charge in [0, 0.05) is 18.4 Å². The van der Waals surface area contributed by atoms with E-state index in [1.807, 2.05) is 25.1 Å². The maximum Gasteiger partial charge on any atom is 0.252 e. The highest BCUT2D eigenvalue weighted by molar-refractivity contribution is 5.93. The maximum absolute atomic E-state index is 11.9. The van der Waals surface area contributed by atoms with E-state index in [0.29, 0.717) is 12.1 Å². The van der Waals surface area contributed by atoms with E-state index in [4.69, 9.17) is 0 Å². The van der Waals surface area contributed by atoms with E-state index < -0.39 is 0 Å². The molecule has 19 heavy (non-hydrogen) atoms. The van der Waals surface area contributed by atoms with Crippen LogP contribution in [0.15, 0.2) is 42.6 Å². The summed E-state index contributed by atoms with van der Waals surface area (Å²) in [6.07, 6.45) is 2.45. The largest absolute Gasteiger partial charge is 0.352 e. The smallest absolute Gasteiger partial charge is 0.252 e. The van der Waals surface area contributed by atoms with Gasteiger partial charge in [-0.15, -0.1) is 0 Å². The molecule has 1 aromatic heterocycles. The number of benzene rings is 1. The molecule has 2 aromatic rings. The fourth-order valence-electron chi connectivity index (χ4n) is 1.91. The van der Waals surface area contributed by atoms with Crippen molar-refractivity contribution in [3.05, 3.63) is 65.0 Å². The zero-order valence-corrected chi connectivity index (χ0v) is 11.3. The summed E-state index contributed by atoms with van der Waals surface area (Å²) in [4.78, 5) is 16.0. The second kappa shape index (κ2) is 6.14. The van der Waals surface area contributed by atoms with Crippen LogP contribution in [-0.2, 0) is 6.42 Å². The molecule has 3 nitrogen and oxygen atoms in total. The van der Waals surface area contributed by atoms with Gasteiger partial charge in [0.2, 0.25) is 0 Å². The van der Waals surface area contributed by atoms with Crippen molar-refractivity contribution in [2.24, 2.45) is 0 Å². The molecule has 0 spiro atoms. The molecule has 0 bridgehead atoms. The quantitative estimate of drug-likeness (QED) is 0.911. The van der Waals surface area contributed by atoms with Gasteiger partial charge >= 0.3 is 0 Å². The first-order valence-electron chi connectivity index (χ1n) is 6.42. The van der Waals surface area contributed by atoms with E-state index in [1.165, 1.54) is 11.1 Å². The third kappa shape index (κ3) is 3.65. The monoisotopic (exact) mass is 254 g/mol. The molecule has 1 aromatic carbocycles. The van der Waals surface area contributed by atoms with Crippen LogP contribution >= 0.6 is 0 Å². The van der Waals surface area contributed by atoms with Crippen LogP contribution in [0, 0.1) is 13.8 Å². The average Bonchev–Trinajstić information content (AvgIpc) is 2.41. The number of amides is 1. The summed E-state index contributed by atoms with van der Waals surface area (Å²) < 4.78 is 0. The number of pyridine rings is 1. The highest BCUT2D eigenvalue weighted by Gasteiger charge is 2.05. The zero-order valence-electron chi connectivity index (χ0n) is 11.3. The predicted molar refractivity (Wildman–Crippen MR) is 76.2 cm³/mol. The minimum Gasteiger partial charge on any atom is -0.352 e. The molecule has 1 heterocycles. The molecule has 0 atom stereocenters. The molecule has 1 N–H and O–H groups in total. The predicted octanol–water partition coefficient (Wildman–Crippen LogP) is 2.67. The Morgan fingerprint density at radius 1 is 1.16 bits per heavy atom. The third-order valence-corrected chi connectivity index (χ3v) is 3.11. The van der Waals surface area contributed by atoms with Crippen molar-refractivity contribution in [3.8, 4) is 0 Å². The average molecular weight is 254 g/mol. The Bertz CT molecular complexity index is 561. The SMILES string of the molecule is Cc1ccc(C(=O)NCCc2ccccc2C)cn1. The number of carbonyl (C=O) groups excluding carboxylic acids is 1. The van der Waals surface area contributed by atoms with Gasteiger partial charge in [0.25, 0.3) is 5.91 Å². The van der Waals surface area contributed by atoms with Crippen molar-refractivity contribution in [2.45, 2.75) is 20.3 Å². The molecular weight excluding hydrogens is 236 g/mol. The van der Waals surface area contributed by atoms with Crippen LogP contribution in [0.1, 0.15) is 27.2 Å². The van der Waals surface area contributed by atoms with E-state index in [0.717, 1.165) is 12.1 Å². The fraction of sp³-hybridized carbons (Fsp3) is 0.250. The number of rotatable bonds is 4. The molecule has 0 saturated carbocycles. The van der Waals surface area contributed by atoms with Gasteiger partial charge in [0.1, 0.15) is 0 Å². The number of carbonyl (C=O) groups is 1. The molecule has 0 fully saturated rings. The summed E-state index contributed by atoms with van der Waals surface area (Å²) in [6, 6.07) is 11.9. The molecule has 2 rings (SSSR count). The first-order valence-corrected chi connectivity index (χ1v) is 6.42. The first kappa shape index (κ1) is 13.3. The van der Waals surface area contributed by atoms with Crippen LogP contribution in [-0.4, -0.2) is 17.4 Å². The number of nitrogens with one attached hydrogen (secondary N) is 1. The van der Waals surface area contributed by atoms with Gasteiger partial charge in [0.15, 0.2) is 0 Å². The molecule has 0 aliphatic heterocycles. The van der Waals surface area contributed by atoms with Gasteiger partial charge in [-0.05, 0) is 43.5 Å². The van der Waals surface area contributed by atoms with Crippen molar-refractivity contribution >= 4 is 5.91 Å². The van der Waals surface area contributed by atoms with Gasteiger partial charge < -0.3 is 5.32 Å². The topological polar surface area (TPSA) is 42.0 Å². The number of hydrogen-bond donors (Lipinski definition) is 1. The van der Waals surface area contributed by atoms with Crippen molar-refractivity contribution in [2.75, 3.05) is 6.54 Å². The minimum absolute atomic E-state index is 0.0684. The second-order valence-electron chi connectivity index (χ2n) is 4.62. The Balaban J connectivity index is 1.88. The van der Waals surface area contributed by atoms with Gasteiger partial charge in [0.05, 0.1) is 5.56 Å². The third-order valence-electron chi connectivity index (χ3n) is 3.11. The molecule has 1 amide bonds. The number of hydrogen-bond acceptors (Lipinski definition) is 2. The second-order valence-corrected chi connectivity index (χ2v) is 4.62. The van der Waals surface area contributed by atoms with Gasteiger partial charge in [-0.2, -0.15) is 0 Å². The number of aryl methyl sites for hydroxylation is 2. The van der Waals surface area contributed by atoms with Crippen LogP contribution in [0.2, 0.25) is 0 Å². The minimum atomic E-state index is -0.0684. The normalized spacial score (nSPS) is 10.2. The Labute approximate surface area is 113 Å². The molecule has 0 aliphatic carbocycles. The van der Waals surface area contributed by atoms with E-state index >= 15 is 0 Å². The van der Waals surface area contributed by atoms with Gasteiger partial charge in [-0.1, -0.05) is 24.3 Å². The molecule has 98 valence electrons. The van der Waals surface area contributed by atoms with Crippen molar-refractivity contribution < 1.29 is 4.79 Å². The molecule has 0 radical (unpaired) electrons. The Morgan fingerprint density at radius 3 is 2.63 bits per heavy atom. The Kier molecular flexibility index (Phi) is 4.29. The molecular formula is C16H18N2O. The summed E-state index contributed by atoms with van der Waals surface area (Å²) in [5.41, 5.74) is 4.05. The number of nitrogens with zero attached hydrogens (tertiary/aromatic N) is 1. The Hall–Kier alpha value is -2.16. The molecule has 0 saturated heterocycles. The Morgan fingerprint density at radius 2 is 1.95 bits per heavy atom. The van der Waals surface area contributed by atoms with E-state index in [-0.39, 0.29) is 5.91 Å². The van der Waals surface area contributed by atoms with Crippen LogP contribution < -0.4 is 5.32 Å². The summed E-state index contributed by atoms with van der Waals surface area (Å²) in [7, 11) is 0. The standard InChI is InChI=1S/C16H18N2O/c1-12-5-3-4-6-14(12)9-10-17-16(19)15-8-7-13(2)18-11-15/h3-8,11H,9-10H2,1-2H3,(H,17,19). The zero-order chi connectivity index (χ0) is 13.7. The van der Waals surface area contributed by atoms with Gasteiger partial charge in [-0.25, -0.2) is 0 Å². The lowest BCUT2D eigenvalue weighted by molar-refractivity contribution is 0.0954. The lowest BCUT2D eigenvalue weighted by atomic mass is 10.1. The van der Waals surface area contributed by atoms with Gasteiger partial charge in [-0.3, -0.25) is 9.78 Å². The summed E-state index contributed by atoms with van der Waals surface area (Å²) >= 11 is 0. The lowest BCUT2D eigenvalue weighted by Gasteiger charge is -2.07. The van der Waals surface area contributed by atoms with Crippen LogP contribution in [0.5, 0.6) is 0 Å². The van der Waals surface area contributed by atoms with Crippen LogP contribution in [0.4, 0.5) is 0 Å². The van der Waals surface area contributed by atoms with Crippen molar-refractivity contribution in [3.63, 3.8) is 0 Å². The summed E-state index contributed by atoms with van der Waals surface area (Å²) in [5, 5.41) is 2.92.